The Morgan fingerprint density at radius 3 is 2.73 bits per heavy atom. The van der Waals surface area contributed by atoms with E-state index in [9.17, 15) is 9.18 Å². The van der Waals surface area contributed by atoms with Crippen LogP contribution < -0.4 is 15.8 Å². The minimum Gasteiger partial charge on any atom is -0.481 e. The molecule has 8 heteroatoms. The molecule has 0 aromatic carbocycles. The summed E-state index contributed by atoms with van der Waals surface area (Å²) in [5, 5.41) is 7.88. The quantitative estimate of drug-likeness (QED) is 0.664. The second-order valence-electron chi connectivity index (χ2n) is 8.56. The Labute approximate surface area is 174 Å². The number of rotatable bonds is 5. The second kappa shape index (κ2) is 7.27. The average molecular weight is 411 g/mol. The largest absolute Gasteiger partial charge is 0.481 e. The summed E-state index contributed by atoms with van der Waals surface area (Å²) in [4.78, 5) is 16.0. The summed E-state index contributed by atoms with van der Waals surface area (Å²) in [6.07, 6.45) is 6.39. The minimum atomic E-state index is -0.559. The zero-order valence-electron chi connectivity index (χ0n) is 17.6. The van der Waals surface area contributed by atoms with Crippen LogP contribution in [0.25, 0.3) is 16.6 Å². The van der Waals surface area contributed by atoms with Crippen LogP contribution in [0.4, 0.5) is 10.1 Å². The lowest BCUT2D eigenvalue weighted by molar-refractivity contribution is 0.100. The Morgan fingerprint density at radius 1 is 1.33 bits per heavy atom. The molecule has 0 spiro atoms. The van der Waals surface area contributed by atoms with Crippen LogP contribution in [0.5, 0.6) is 5.88 Å². The van der Waals surface area contributed by atoms with Gasteiger partial charge in [-0.15, -0.1) is 0 Å². The molecule has 158 valence electrons. The van der Waals surface area contributed by atoms with Crippen molar-refractivity contribution in [2.24, 2.45) is 17.1 Å². The molecule has 0 aliphatic heterocycles. The van der Waals surface area contributed by atoms with Crippen molar-refractivity contribution in [3.8, 4) is 17.0 Å². The third-order valence-electron chi connectivity index (χ3n) is 6.63. The minimum absolute atomic E-state index is 0.0508. The standard InChI is InChI=1S/C22H26FN5O2/c1-12-5-6-18(22(12,2)3)27-20-15(21(24)29)9-26-28-11-13(7-17(20)28)14-8-19(30-4)25-10-16(14)23/h7-12,18,27H,5-6H2,1-4H3,(H2,24,29)/t12?,18-/m1/s1. The fraction of sp³-hybridized carbons (Fsp3) is 0.409. The van der Waals surface area contributed by atoms with Crippen molar-refractivity contribution in [3.63, 3.8) is 0 Å². The Bertz CT molecular complexity index is 1120. The molecule has 0 radical (unpaired) electrons. The fourth-order valence-corrected chi connectivity index (χ4v) is 4.23. The van der Waals surface area contributed by atoms with Crippen LogP contribution in [-0.4, -0.2) is 33.7 Å². The molecule has 0 bridgehead atoms. The number of halogens is 1. The molecule has 3 N–H and O–H groups in total. The number of aromatic nitrogens is 3. The highest BCUT2D eigenvalue weighted by atomic mass is 19.1. The number of methoxy groups -OCH3 is 1. The SMILES string of the molecule is COc1cc(-c2cc3c(N[C@@H]4CCC(C)C4(C)C)c(C(N)=O)cnn3c2)c(F)cn1. The first-order valence-electron chi connectivity index (χ1n) is 10.00. The van der Waals surface area contributed by atoms with E-state index in [-0.39, 0.29) is 11.5 Å². The van der Waals surface area contributed by atoms with Crippen molar-refractivity contribution in [2.45, 2.75) is 39.7 Å². The topological polar surface area (TPSA) is 94.5 Å². The van der Waals surface area contributed by atoms with Gasteiger partial charge in [0.25, 0.3) is 5.91 Å². The molecule has 2 atom stereocenters. The van der Waals surface area contributed by atoms with E-state index in [1.54, 1.807) is 16.8 Å². The lowest BCUT2D eigenvalue weighted by Gasteiger charge is -2.33. The van der Waals surface area contributed by atoms with Gasteiger partial charge in [0.15, 0.2) is 0 Å². The second-order valence-corrected chi connectivity index (χ2v) is 8.56. The summed E-state index contributed by atoms with van der Waals surface area (Å²) in [6, 6.07) is 3.51. The highest BCUT2D eigenvalue weighted by molar-refractivity contribution is 6.02. The summed E-state index contributed by atoms with van der Waals surface area (Å²) in [5.74, 6) is -0.170. The van der Waals surface area contributed by atoms with Gasteiger partial charge in [0.2, 0.25) is 5.88 Å². The van der Waals surface area contributed by atoms with Crippen LogP contribution >= 0.6 is 0 Å². The number of nitrogens with one attached hydrogen (secondary N) is 1. The van der Waals surface area contributed by atoms with Crippen molar-refractivity contribution in [1.29, 1.82) is 0 Å². The monoisotopic (exact) mass is 411 g/mol. The Balaban J connectivity index is 1.85. The molecular formula is C22H26FN5O2. The van der Waals surface area contributed by atoms with E-state index in [1.807, 2.05) is 0 Å². The van der Waals surface area contributed by atoms with Crippen molar-refractivity contribution >= 4 is 17.1 Å². The Hall–Kier alpha value is -3.16. The molecule has 1 unspecified atom stereocenters. The third-order valence-corrected chi connectivity index (χ3v) is 6.63. The first-order chi connectivity index (χ1) is 14.2. The van der Waals surface area contributed by atoms with Gasteiger partial charge in [0.1, 0.15) is 5.82 Å². The maximum atomic E-state index is 14.5. The van der Waals surface area contributed by atoms with Gasteiger partial charge < -0.3 is 15.8 Å². The molecule has 0 saturated heterocycles. The van der Waals surface area contributed by atoms with Crippen molar-refractivity contribution in [3.05, 3.63) is 42.1 Å². The number of hydrogen-bond acceptors (Lipinski definition) is 5. The van der Waals surface area contributed by atoms with Gasteiger partial charge in [-0.2, -0.15) is 5.10 Å². The van der Waals surface area contributed by atoms with Crippen LogP contribution in [0.2, 0.25) is 0 Å². The first kappa shape index (κ1) is 20.1. The number of nitrogens with zero attached hydrogens (tertiary/aromatic N) is 3. The van der Waals surface area contributed by atoms with Crippen molar-refractivity contribution < 1.29 is 13.9 Å². The van der Waals surface area contributed by atoms with E-state index in [0.29, 0.717) is 39.7 Å². The van der Waals surface area contributed by atoms with Crippen molar-refractivity contribution in [2.75, 3.05) is 12.4 Å². The van der Waals surface area contributed by atoms with Crippen LogP contribution in [0.1, 0.15) is 44.0 Å². The average Bonchev–Trinajstić information content (AvgIpc) is 3.24. The van der Waals surface area contributed by atoms with Gasteiger partial charge in [-0.3, -0.25) is 4.79 Å². The van der Waals surface area contributed by atoms with Crippen LogP contribution in [0, 0.1) is 17.2 Å². The predicted molar refractivity (Wildman–Crippen MR) is 113 cm³/mol. The maximum Gasteiger partial charge on any atom is 0.252 e. The van der Waals surface area contributed by atoms with Gasteiger partial charge in [-0.1, -0.05) is 20.8 Å². The fourth-order valence-electron chi connectivity index (χ4n) is 4.23. The lowest BCUT2D eigenvalue weighted by atomic mass is 9.80. The molecular weight excluding hydrogens is 385 g/mol. The van der Waals surface area contributed by atoms with E-state index in [4.69, 9.17) is 10.5 Å². The third kappa shape index (κ3) is 3.26. The Morgan fingerprint density at radius 2 is 2.10 bits per heavy atom. The number of hydrogen-bond donors (Lipinski definition) is 2. The Kier molecular flexibility index (Phi) is 4.88. The van der Waals surface area contributed by atoms with Gasteiger partial charge in [-0.25, -0.2) is 13.9 Å². The number of anilines is 1. The van der Waals surface area contributed by atoms with Crippen LogP contribution in [0.3, 0.4) is 0 Å². The summed E-state index contributed by atoms with van der Waals surface area (Å²) >= 11 is 0. The van der Waals surface area contributed by atoms with Gasteiger partial charge in [0, 0.05) is 29.4 Å². The van der Waals surface area contributed by atoms with Gasteiger partial charge in [-0.05, 0) is 30.2 Å². The molecule has 3 heterocycles. The van der Waals surface area contributed by atoms with E-state index in [1.165, 1.54) is 19.4 Å². The van der Waals surface area contributed by atoms with E-state index >= 15 is 0 Å². The highest BCUT2D eigenvalue weighted by Crippen LogP contribution is 2.44. The van der Waals surface area contributed by atoms with E-state index in [2.05, 4.69) is 36.2 Å². The maximum absolute atomic E-state index is 14.5. The number of carbonyl (C=O) groups is 1. The molecule has 1 fully saturated rings. The first-order valence-corrected chi connectivity index (χ1v) is 10.00. The molecule has 4 rings (SSSR count). The smallest absolute Gasteiger partial charge is 0.252 e. The molecule has 3 aromatic heterocycles. The number of ether oxygens (including phenoxy) is 1. The molecule has 1 aliphatic rings. The zero-order chi connectivity index (χ0) is 21.6. The normalized spacial score (nSPS) is 20.4. The predicted octanol–water partition coefficient (Wildman–Crippen LogP) is 3.88. The number of nitrogens with two attached hydrogens (primary N) is 1. The number of amides is 1. The van der Waals surface area contributed by atoms with E-state index in [0.717, 1.165) is 19.0 Å². The summed E-state index contributed by atoms with van der Waals surface area (Å²) in [5.41, 5.74) is 8.23. The molecule has 1 aliphatic carbocycles. The van der Waals surface area contributed by atoms with Gasteiger partial charge in [0.05, 0.1) is 36.3 Å². The number of primary amides is 1. The molecule has 1 saturated carbocycles. The molecule has 1 amide bonds. The van der Waals surface area contributed by atoms with Gasteiger partial charge >= 0.3 is 0 Å². The number of pyridine rings is 1. The molecule has 7 nitrogen and oxygen atoms in total. The number of fused-ring (bicyclic) bond motifs is 1. The summed E-state index contributed by atoms with van der Waals surface area (Å²) in [7, 11) is 1.48. The lowest BCUT2D eigenvalue weighted by Crippen LogP contribution is -2.35. The summed E-state index contributed by atoms with van der Waals surface area (Å²) in [6.45, 7) is 6.70. The van der Waals surface area contributed by atoms with Crippen LogP contribution in [-0.2, 0) is 0 Å². The zero-order valence-corrected chi connectivity index (χ0v) is 17.6. The molecule has 3 aromatic rings. The molecule has 30 heavy (non-hydrogen) atoms. The van der Waals surface area contributed by atoms with Crippen LogP contribution in [0.15, 0.2) is 30.7 Å². The van der Waals surface area contributed by atoms with Crippen molar-refractivity contribution in [1.82, 2.24) is 14.6 Å². The van der Waals surface area contributed by atoms with E-state index < -0.39 is 11.7 Å². The summed E-state index contributed by atoms with van der Waals surface area (Å²) < 4.78 is 21.2. The number of carbonyl (C=O) groups excluding carboxylic acids is 1. The highest BCUT2D eigenvalue weighted by Gasteiger charge is 2.41.